The Labute approximate surface area is 170 Å². The van der Waals surface area contributed by atoms with Gasteiger partial charge in [0, 0.05) is 24.0 Å². The zero-order chi connectivity index (χ0) is 20.1. The van der Waals surface area contributed by atoms with Crippen LogP contribution in [0.4, 0.5) is 5.69 Å². The molecule has 1 aliphatic rings. The van der Waals surface area contributed by atoms with Crippen LogP contribution in [0, 0.1) is 0 Å². The lowest BCUT2D eigenvalue weighted by Crippen LogP contribution is -2.35. The summed E-state index contributed by atoms with van der Waals surface area (Å²) in [4.78, 5) is 26.6. The van der Waals surface area contributed by atoms with E-state index in [1.54, 1.807) is 30.2 Å². The topological polar surface area (TPSA) is 58.6 Å². The van der Waals surface area contributed by atoms with E-state index in [4.69, 9.17) is 16.3 Å². The van der Waals surface area contributed by atoms with Gasteiger partial charge >= 0.3 is 0 Å². The van der Waals surface area contributed by atoms with E-state index in [-0.39, 0.29) is 17.9 Å². The molecule has 2 aromatic carbocycles. The third-order valence-corrected chi connectivity index (χ3v) is 5.21. The number of methoxy groups -OCH3 is 1. The van der Waals surface area contributed by atoms with Crippen molar-refractivity contribution >= 4 is 29.1 Å². The van der Waals surface area contributed by atoms with E-state index in [1.807, 2.05) is 31.2 Å². The number of ether oxygens (including phenoxy) is 1. The van der Waals surface area contributed by atoms with Crippen molar-refractivity contribution in [2.24, 2.45) is 0 Å². The van der Waals surface area contributed by atoms with E-state index < -0.39 is 0 Å². The van der Waals surface area contributed by atoms with Gasteiger partial charge in [0.1, 0.15) is 5.75 Å². The lowest BCUT2D eigenvalue weighted by atomic mass is 10.1. The van der Waals surface area contributed by atoms with Crippen molar-refractivity contribution in [3.05, 3.63) is 58.6 Å². The Morgan fingerprint density at radius 3 is 2.64 bits per heavy atom. The summed E-state index contributed by atoms with van der Waals surface area (Å²) < 4.78 is 5.17. The third kappa shape index (κ3) is 4.84. The quantitative estimate of drug-likeness (QED) is 0.756. The van der Waals surface area contributed by atoms with Crippen LogP contribution < -0.4 is 15.0 Å². The van der Waals surface area contributed by atoms with Crippen LogP contribution in [-0.2, 0) is 11.2 Å². The van der Waals surface area contributed by atoms with Crippen LogP contribution in [0.2, 0.25) is 5.02 Å². The number of amides is 2. The second-order valence-corrected chi connectivity index (χ2v) is 7.51. The minimum absolute atomic E-state index is 0.00703. The molecule has 2 aromatic rings. The SMILES string of the molecule is COc1ccc(CCC(C)NC(=O)c2ccc(Cl)cc2N2CCCC2=O)cc1. The minimum atomic E-state index is -0.186. The van der Waals surface area contributed by atoms with E-state index in [0.29, 0.717) is 29.2 Å². The first-order valence-corrected chi connectivity index (χ1v) is 9.89. The van der Waals surface area contributed by atoms with Crippen LogP contribution in [0.25, 0.3) is 0 Å². The van der Waals surface area contributed by atoms with Crippen molar-refractivity contribution in [2.45, 2.75) is 38.6 Å². The fourth-order valence-corrected chi connectivity index (χ4v) is 3.54. The molecule has 1 fully saturated rings. The number of hydrogen-bond donors (Lipinski definition) is 1. The van der Waals surface area contributed by atoms with Crippen molar-refractivity contribution in [3.8, 4) is 5.75 Å². The highest BCUT2D eigenvalue weighted by Gasteiger charge is 2.26. The molecule has 148 valence electrons. The number of aryl methyl sites for hydroxylation is 1. The molecular weight excluding hydrogens is 376 g/mol. The van der Waals surface area contributed by atoms with Gasteiger partial charge in [-0.1, -0.05) is 23.7 Å². The molecule has 1 unspecified atom stereocenters. The second-order valence-electron chi connectivity index (χ2n) is 7.07. The molecule has 1 saturated heterocycles. The highest BCUT2D eigenvalue weighted by Crippen LogP contribution is 2.29. The van der Waals surface area contributed by atoms with Gasteiger partial charge in [-0.15, -0.1) is 0 Å². The Morgan fingerprint density at radius 2 is 2.00 bits per heavy atom. The van der Waals surface area contributed by atoms with Gasteiger partial charge in [-0.05, 0) is 62.1 Å². The van der Waals surface area contributed by atoms with E-state index in [0.717, 1.165) is 25.0 Å². The monoisotopic (exact) mass is 400 g/mol. The van der Waals surface area contributed by atoms with Crippen LogP contribution >= 0.6 is 11.6 Å². The Bertz CT molecular complexity index is 851. The van der Waals surface area contributed by atoms with Crippen LogP contribution in [0.1, 0.15) is 42.1 Å². The first-order chi connectivity index (χ1) is 13.5. The summed E-state index contributed by atoms with van der Waals surface area (Å²) in [5.41, 5.74) is 2.27. The zero-order valence-electron chi connectivity index (χ0n) is 16.2. The molecule has 1 N–H and O–H groups in total. The van der Waals surface area contributed by atoms with Crippen LogP contribution in [0.5, 0.6) is 5.75 Å². The van der Waals surface area contributed by atoms with Gasteiger partial charge < -0.3 is 15.0 Å². The fourth-order valence-electron chi connectivity index (χ4n) is 3.37. The van der Waals surface area contributed by atoms with Gasteiger partial charge in [-0.2, -0.15) is 0 Å². The fraction of sp³-hybridized carbons (Fsp3) is 0.364. The first-order valence-electron chi connectivity index (χ1n) is 9.51. The van der Waals surface area contributed by atoms with E-state index >= 15 is 0 Å². The highest BCUT2D eigenvalue weighted by atomic mass is 35.5. The summed E-state index contributed by atoms with van der Waals surface area (Å²) in [5, 5.41) is 3.56. The lowest BCUT2D eigenvalue weighted by Gasteiger charge is -2.21. The van der Waals surface area contributed by atoms with Crippen LogP contribution in [0.3, 0.4) is 0 Å². The lowest BCUT2D eigenvalue weighted by molar-refractivity contribution is -0.117. The number of benzene rings is 2. The maximum Gasteiger partial charge on any atom is 0.253 e. The average molecular weight is 401 g/mol. The molecule has 0 bridgehead atoms. The van der Waals surface area contributed by atoms with Gasteiger partial charge in [-0.3, -0.25) is 9.59 Å². The maximum atomic E-state index is 12.8. The Hall–Kier alpha value is -2.53. The molecule has 1 aliphatic heterocycles. The van der Waals surface area contributed by atoms with Crippen molar-refractivity contribution in [1.82, 2.24) is 5.32 Å². The summed E-state index contributed by atoms with van der Waals surface area (Å²) >= 11 is 6.11. The number of hydrogen-bond acceptors (Lipinski definition) is 3. The number of nitrogens with one attached hydrogen (secondary N) is 1. The normalized spacial score (nSPS) is 14.8. The summed E-state index contributed by atoms with van der Waals surface area (Å²) in [6, 6.07) is 13.0. The molecule has 0 aliphatic carbocycles. The number of anilines is 1. The van der Waals surface area contributed by atoms with Gasteiger partial charge in [0.2, 0.25) is 5.91 Å². The molecule has 0 saturated carbocycles. The molecule has 0 radical (unpaired) electrons. The highest BCUT2D eigenvalue weighted by molar-refractivity contribution is 6.31. The van der Waals surface area contributed by atoms with Crippen molar-refractivity contribution in [2.75, 3.05) is 18.6 Å². The number of rotatable bonds is 7. The van der Waals surface area contributed by atoms with Gasteiger partial charge in [0.25, 0.3) is 5.91 Å². The van der Waals surface area contributed by atoms with Gasteiger partial charge in [0.05, 0.1) is 18.4 Å². The van der Waals surface area contributed by atoms with Crippen LogP contribution in [0.15, 0.2) is 42.5 Å². The number of halogens is 1. The number of carbonyl (C=O) groups is 2. The summed E-state index contributed by atoms with van der Waals surface area (Å²) in [5.74, 6) is 0.675. The average Bonchev–Trinajstić information content (AvgIpc) is 3.12. The summed E-state index contributed by atoms with van der Waals surface area (Å²) in [7, 11) is 1.65. The number of nitrogens with zero attached hydrogens (tertiary/aromatic N) is 1. The summed E-state index contributed by atoms with van der Waals surface area (Å²) in [6.07, 6.45) is 2.96. The maximum absolute atomic E-state index is 12.8. The molecule has 0 spiro atoms. The largest absolute Gasteiger partial charge is 0.497 e. The molecular formula is C22H25ClN2O3. The van der Waals surface area contributed by atoms with Crippen LogP contribution in [-0.4, -0.2) is 31.5 Å². The third-order valence-electron chi connectivity index (χ3n) is 4.97. The molecule has 2 amide bonds. The van der Waals surface area contributed by atoms with Gasteiger partial charge in [-0.25, -0.2) is 0 Å². The summed E-state index contributed by atoms with van der Waals surface area (Å²) in [6.45, 7) is 2.60. The van der Waals surface area contributed by atoms with E-state index in [2.05, 4.69) is 5.32 Å². The molecule has 28 heavy (non-hydrogen) atoms. The first kappa shape index (κ1) is 20.2. The Morgan fingerprint density at radius 1 is 1.25 bits per heavy atom. The predicted octanol–water partition coefficient (Wildman–Crippen LogP) is 4.23. The molecule has 5 nitrogen and oxygen atoms in total. The van der Waals surface area contributed by atoms with Crippen molar-refractivity contribution in [1.29, 1.82) is 0 Å². The van der Waals surface area contributed by atoms with Crippen molar-refractivity contribution in [3.63, 3.8) is 0 Å². The Kier molecular flexibility index (Phi) is 6.57. The predicted molar refractivity (Wildman–Crippen MR) is 111 cm³/mol. The minimum Gasteiger partial charge on any atom is -0.497 e. The second kappa shape index (κ2) is 9.11. The molecule has 3 rings (SSSR count). The standard InChI is InChI=1S/C22H25ClN2O3/c1-15(5-6-16-7-10-18(28-2)11-8-16)24-22(27)19-12-9-17(23)14-20(19)25-13-3-4-21(25)26/h7-12,14-15H,3-6,13H2,1-2H3,(H,24,27). The van der Waals surface area contributed by atoms with E-state index in [9.17, 15) is 9.59 Å². The molecule has 1 atom stereocenters. The molecule has 6 heteroatoms. The van der Waals surface area contributed by atoms with Crippen molar-refractivity contribution < 1.29 is 14.3 Å². The van der Waals surface area contributed by atoms with Gasteiger partial charge in [0.15, 0.2) is 0 Å². The smallest absolute Gasteiger partial charge is 0.253 e. The molecule has 0 aromatic heterocycles. The zero-order valence-corrected chi connectivity index (χ0v) is 17.0. The van der Waals surface area contributed by atoms with E-state index in [1.165, 1.54) is 5.56 Å². The molecule has 1 heterocycles. The number of carbonyl (C=O) groups excluding carboxylic acids is 2. The Balaban J connectivity index is 1.64.